The summed E-state index contributed by atoms with van der Waals surface area (Å²) in [5.74, 6) is 1.14. The van der Waals surface area contributed by atoms with Gasteiger partial charge in [0.05, 0.1) is 7.05 Å². The fourth-order valence-electron chi connectivity index (χ4n) is 4.35. The van der Waals surface area contributed by atoms with Gasteiger partial charge in [0.1, 0.15) is 35.0 Å². The van der Waals surface area contributed by atoms with Crippen molar-refractivity contribution in [3.63, 3.8) is 0 Å². The van der Waals surface area contributed by atoms with Crippen LogP contribution in [0.2, 0.25) is 0 Å². The lowest BCUT2D eigenvalue weighted by molar-refractivity contribution is -0.659. The quantitative estimate of drug-likeness (QED) is 0.320. The van der Waals surface area contributed by atoms with Crippen LogP contribution < -0.4 is 4.57 Å². The fraction of sp³-hybridized carbons (Fsp3) is 0.192. The molecule has 0 saturated heterocycles. The highest BCUT2D eigenvalue weighted by Gasteiger charge is 2.27. The highest BCUT2D eigenvalue weighted by molar-refractivity contribution is 6.09. The Kier molecular flexibility index (Phi) is 4.24. The smallest absolute Gasteiger partial charge is 0.297 e. The lowest BCUT2D eigenvalue weighted by atomic mass is 10.00. The van der Waals surface area contributed by atoms with E-state index in [-0.39, 0.29) is 5.82 Å². The summed E-state index contributed by atoms with van der Waals surface area (Å²) >= 11 is 0. The molecule has 30 heavy (non-hydrogen) atoms. The molecule has 150 valence electrons. The monoisotopic (exact) mass is 399 g/mol. The van der Waals surface area contributed by atoms with Crippen molar-refractivity contribution in [2.75, 3.05) is 0 Å². The summed E-state index contributed by atoms with van der Waals surface area (Å²) in [7, 11) is 2.05. The van der Waals surface area contributed by atoms with Crippen molar-refractivity contribution >= 4 is 21.9 Å². The maximum Gasteiger partial charge on any atom is 0.297 e. The lowest BCUT2D eigenvalue weighted by Gasteiger charge is -2.12. The van der Waals surface area contributed by atoms with Gasteiger partial charge in [-0.2, -0.15) is 4.57 Å². The molecule has 0 aliphatic rings. The highest BCUT2D eigenvalue weighted by atomic mass is 19.1. The molecular formula is C26H24FN2O+. The van der Waals surface area contributed by atoms with Crippen molar-refractivity contribution in [1.82, 2.24) is 4.57 Å². The summed E-state index contributed by atoms with van der Waals surface area (Å²) < 4.78 is 24.4. The zero-order valence-corrected chi connectivity index (χ0v) is 17.6. The van der Waals surface area contributed by atoms with E-state index in [9.17, 15) is 4.39 Å². The molecular weight excluding hydrogens is 375 g/mol. The average Bonchev–Trinajstić information content (AvgIpc) is 3.27. The standard InChI is InChI=1S/C26H24FN2O/c1-16(2)19-7-5-6-8-22(19)29-14-13-28(4)26(29)24-17(3)9-11-21-20-12-10-18(27)15-23(20)30-25(21)24/h5-16H,1-4H3/q+1. The number of furan rings is 1. The Labute approximate surface area is 175 Å². The van der Waals surface area contributed by atoms with Crippen LogP contribution in [0.1, 0.15) is 30.9 Å². The molecule has 4 heteroatoms. The van der Waals surface area contributed by atoms with Crippen molar-refractivity contribution < 1.29 is 13.4 Å². The molecule has 0 N–H and O–H groups in total. The Morgan fingerprint density at radius 2 is 1.77 bits per heavy atom. The number of fused-ring (bicyclic) bond motifs is 3. The lowest BCUT2D eigenvalue weighted by Crippen LogP contribution is -2.29. The van der Waals surface area contributed by atoms with Crippen LogP contribution >= 0.6 is 0 Å². The van der Waals surface area contributed by atoms with Crippen LogP contribution in [0.15, 0.2) is 71.4 Å². The van der Waals surface area contributed by atoms with Gasteiger partial charge in [-0.15, -0.1) is 0 Å². The maximum absolute atomic E-state index is 13.8. The normalized spacial score (nSPS) is 11.8. The van der Waals surface area contributed by atoms with E-state index >= 15 is 0 Å². The van der Waals surface area contributed by atoms with Crippen molar-refractivity contribution in [3.8, 4) is 17.1 Å². The van der Waals surface area contributed by atoms with Gasteiger partial charge in [-0.1, -0.05) is 44.2 Å². The van der Waals surface area contributed by atoms with E-state index in [1.54, 1.807) is 6.07 Å². The zero-order chi connectivity index (χ0) is 21.0. The Balaban J connectivity index is 1.86. The first-order valence-electron chi connectivity index (χ1n) is 10.2. The molecule has 2 aromatic heterocycles. The van der Waals surface area contributed by atoms with Gasteiger partial charge < -0.3 is 4.42 Å². The molecule has 5 rings (SSSR count). The third-order valence-corrected chi connectivity index (χ3v) is 5.86. The summed E-state index contributed by atoms with van der Waals surface area (Å²) in [5.41, 5.74) is 5.93. The second-order valence-corrected chi connectivity index (χ2v) is 8.19. The van der Waals surface area contributed by atoms with Gasteiger partial charge >= 0.3 is 0 Å². The van der Waals surface area contributed by atoms with E-state index < -0.39 is 0 Å². The minimum absolute atomic E-state index is 0.292. The van der Waals surface area contributed by atoms with Gasteiger partial charge in [0.2, 0.25) is 0 Å². The second-order valence-electron chi connectivity index (χ2n) is 8.19. The molecule has 0 aliphatic heterocycles. The van der Waals surface area contributed by atoms with Crippen LogP contribution in [-0.2, 0) is 7.05 Å². The van der Waals surface area contributed by atoms with Gasteiger partial charge in [-0.25, -0.2) is 8.96 Å². The molecule has 0 bridgehead atoms. The molecule has 0 unspecified atom stereocenters. The Morgan fingerprint density at radius 3 is 2.57 bits per heavy atom. The predicted octanol–water partition coefficient (Wildman–Crippen LogP) is 6.44. The Bertz CT molecular complexity index is 1410. The third-order valence-electron chi connectivity index (χ3n) is 5.86. The number of hydrogen-bond donors (Lipinski definition) is 0. The van der Waals surface area contributed by atoms with E-state index in [2.05, 4.69) is 78.7 Å². The van der Waals surface area contributed by atoms with E-state index in [1.807, 2.05) is 7.05 Å². The number of aromatic nitrogens is 2. The first-order chi connectivity index (χ1) is 14.5. The first kappa shape index (κ1) is 18.6. The van der Waals surface area contributed by atoms with Crippen molar-refractivity contribution in [1.29, 1.82) is 0 Å². The number of benzene rings is 3. The molecule has 0 fully saturated rings. The van der Waals surface area contributed by atoms with Gasteiger partial charge in [-0.3, -0.25) is 0 Å². The van der Waals surface area contributed by atoms with Crippen molar-refractivity contribution in [3.05, 3.63) is 83.9 Å². The SMILES string of the molecule is Cc1ccc2c(oc3cc(F)ccc32)c1-c1n(-c2ccccc2C(C)C)cc[n+]1C. The number of rotatable bonds is 3. The summed E-state index contributed by atoms with van der Waals surface area (Å²) in [6.07, 6.45) is 4.16. The van der Waals surface area contributed by atoms with Crippen molar-refractivity contribution in [2.45, 2.75) is 26.7 Å². The molecule has 0 aliphatic carbocycles. The summed E-state index contributed by atoms with van der Waals surface area (Å²) in [4.78, 5) is 0. The second kappa shape index (κ2) is 6.84. The molecule has 3 nitrogen and oxygen atoms in total. The van der Waals surface area contributed by atoms with E-state index in [0.717, 1.165) is 39.0 Å². The molecule has 0 atom stereocenters. The highest BCUT2D eigenvalue weighted by Crippen LogP contribution is 2.38. The van der Waals surface area contributed by atoms with Gasteiger partial charge in [0.25, 0.3) is 5.82 Å². The van der Waals surface area contributed by atoms with E-state index in [4.69, 9.17) is 4.42 Å². The molecule has 2 heterocycles. The Hall–Kier alpha value is -3.40. The van der Waals surface area contributed by atoms with E-state index in [0.29, 0.717) is 11.5 Å². The molecule has 0 spiro atoms. The minimum Gasteiger partial charge on any atom is -0.455 e. The maximum atomic E-state index is 13.8. The molecule has 5 aromatic rings. The topological polar surface area (TPSA) is 21.9 Å². The van der Waals surface area contributed by atoms with Crippen LogP contribution in [0.4, 0.5) is 4.39 Å². The largest absolute Gasteiger partial charge is 0.455 e. The van der Waals surface area contributed by atoms with Gasteiger partial charge in [0.15, 0.2) is 5.58 Å². The summed E-state index contributed by atoms with van der Waals surface area (Å²) in [6, 6.07) is 17.4. The summed E-state index contributed by atoms with van der Waals surface area (Å²) in [6.45, 7) is 6.51. The molecule has 0 amide bonds. The Morgan fingerprint density at radius 1 is 1.00 bits per heavy atom. The van der Waals surface area contributed by atoms with E-state index in [1.165, 1.54) is 17.7 Å². The van der Waals surface area contributed by atoms with Gasteiger partial charge in [-0.05, 0) is 36.6 Å². The molecule has 0 radical (unpaired) electrons. The number of para-hydroxylation sites is 1. The van der Waals surface area contributed by atoms with Crippen molar-refractivity contribution in [2.24, 2.45) is 7.05 Å². The fourth-order valence-corrected chi connectivity index (χ4v) is 4.35. The predicted molar refractivity (Wildman–Crippen MR) is 118 cm³/mol. The molecule has 3 aromatic carbocycles. The number of hydrogen-bond acceptors (Lipinski definition) is 1. The van der Waals surface area contributed by atoms with Crippen LogP contribution in [0, 0.1) is 12.7 Å². The molecule has 0 saturated carbocycles. The first-order valence-corrected chi connectivity index (χ1v) is 10.2. The average molecular weight is 399 g/mol. The number of halogens is 1. The van der Waals surface area contributed by atoms with Gasteiger partial charge in [0, 0.05) is 22.4 Å². The zero-order valence-electron chi connectivity index (χ0n) is 17.6. The number of aryl methyl sites for hydroxylation is 2. The van der Waals surface area contributed by atoms with Crippen LogP contribution in [0.3, 0.4) is 0 Å². The van der Waals surface area contributed by atoms with Crippen LogP contribution in [0.25, 0.3) is 39.0 Å². The third kappa shape index (κ3) is 2.75. The minimum atomic E-state index is -0.292. The van der Waals surface area contributed by atoms with Crippen LogP contribution in [0.5, 0.6) is 0 Å². The summed E-state index contributed by atoms with van der Waals surface area (Å²) in [5, 5.41) is 1.92. The number of imidazole rings is 1. The number of nitrogens with zero attached hydrogens (tertiary/aromatic N) is 2. The van der Waals surface area contributed by atoms with Crippen LogP contribution in [-0.4, -0.2) is 4.57 Å².